The third-order valence-electron chi connectivity index (χ3n) is 17.1. The van der Waals surface area contributed by atoms with Crippen molar-refractivity contribution in [3.63, 3.8) is 0 Å². The molecule has 1 aliphatic carbocycles. The number of alkyl halides is 2. The molecule has 4 fully saturated rings. The van der Waals surface area contributed by atoms with Crippen molar-refractivity contribution < 1.29 is 13.6 Å². The molecule has 3 aromatic carbocycles. The number of halogens is 3. The SMILES string of the molecule is CC(=O)N1CCc2c(c(N3CCCc4cc(-c5cnn(C)c5)c(C(F)F)cc43)nn2C2CCN(C3CCC(C#Cc4ccc(N5CCC6(CC5)C[C@H](C)N(c5ccc(C#N)c(Cl)c5)C6)cc4)CC3)CC2)C1. The first-order valence-electron chi connectivity index (χ1n) is 26.1. The Labute approximate surface area is 422 Å². The first-order valence-corrected chi connectivity index (χ1v) is 26.4. The molecule has 5 aromatic rings. The molecular weight excluding hydrogens is 914 g/mol. The van der Waals surface area contributed by atoms with Crippen LogP contribution in [0.2, 0.25) is 5.02 Å². The largest absolute Gasteiger partial charge is 0.371 e. The zero-order chi connectivity index (χ0) is 49.0. The monoisotopic (exact) mass is 978 g/mol. The number of anilines is 4. The zero-order valence-corrected chi connectivity index (χ0v) is 42.1. The third kappa shape index (κ3) is 9.41. The summed E-state index contributed by atoms with van der Waals surface area (Å²) in [4.78, 5) is 24.5. The lowest BCUT2D eigenvalue weighted by Crippen LogP contribution is -2.44. The Bertz CT molecular complexity index is 2890. The number of carbonyl (C=O) groups excluding carboxylic acids is 1. The summed E-state index contributed by atoms with van der Waals surface area (Å²) in [5, 5.41) is 19.5. The Morgan fingerprint density at radius 1 is 0.901 bits per heavy atom. The quantitative estimate of drug-likeness (QED) is 0.149. The number of piperidine rings is 2. The van der Waals surface area contributed by atoms with E-state index in [1.54, 1.807) is 37.1 Å². The molecule has 11 rings (SSSR count). The van der Waals surface area contributed by atoms with Crippen LogP contribution in [0.1, 0.15) is 124 Å². The second-order valence-electron chi connectivity index (χ2n) is 21.4. The molecule has 1 amide bonds. The van der Waals surface area contributed by atoms with Crippen molar-refractivity contribution >= 4 is 40.4 Å². The summed E-state index contributed by atoms with van der Waals surface area (Å²) >= 11 is 6.42. The van der Waals surface area contributed by atoms with E-state index in [0.717, 1.165) is 137 Å². The van der Waals surface area contributed by atoms with Crippen molar-refractivity contribution in [1.82, 2.24) is 29.4 Å². The molecule has 0 bridgehead atoms. The fourth-order valence-electron chi connectivity index (χ4n) is 13.1. The first kappa shape index (κ1) is 47.4. The predicted octanol–water partition coefficient (Wildman–Crippen LogP) is 10.9. The van der Waals surface area contributed by atoms with Gasteiger partial charge < -0.3 is 24.5 Å². The Kier molecular flexibility index (Phi) is 13.1. The molecule has 1 saturated carbocycles. The van der Waals surface area contributed by atoms with Gasteiger partial charge in [0.2, 0.25) is 5.91 Å². The van der Waals surface area contributed by atoms with Crippen LogP contribution in [0.15, 0.2) is 67.0 Å². The summed E-state index contributed by atoms with van der Waals surface area (Å²) < 4.78 is 33.5. The van der Waals surface area contributed by atoms with E-state index in [0.29, 0.717) is 64.8 Å². The molecule has 3 saturated heterocycles. The highest BCUT2D eigenvalue weighted by Gasteiger charge is 2.44. The molecule has 6 aliphatic rings. The third-order valence-corrected chi connectivity index (χ3v) is 17.4. The normalized spacial score (nSPS) is 22.6. The number of hydrogen-bond acceptors (Lipinski definition) is 8. The number of hydrogen-bond donors (Lipinski definition) is 0. The molecule has 0 radical (unpaired) electrons. The summed E-state index contributed by atoms with van der Waals surface area (Å²) in [5.74, 6) is 8.46. The predicted molar refractivity (Wildman–Crippen MR) is 276 cm³/mol. The van der Waals surface area contributed by atoms with Gasteiger partial charge in [0.25, 0.3) is 6.43 Å². The van der Waals surface area contributed by atoms with Crippen molar-refractivity contribution in [2.45, 2.75) is 122 Å². The van der Waals surface area contributed by atoms with Gasteiger partial charge in [0.15, 0.2) is 5.82 Å². The van der Waals surface area contributed by atoms with E-state index in [1.807, 2.05) is 29.2 Å². The number of carbonyl (C=O) groups is 1. The zero-order valence-electron chi connectivity index (χ0n) is 41.4. The van der Waals surface area contributed by atoms with Gasteiger partial charge in [0.1, 0.15) is 6.07 Å². The Morgan fingerprint density at radius 2 is 1.66 bits per heavy atom. The smallest absolute Gasteiger partial charge is 0.264 e. The lowest BCUT2D eigenvalue weighted by molar-refractivity contribution is -0.129. The number of aromatic nitrogens is 4. The number of benzene rings is 3. The molecule has 1 spiro atoms. The maximum Gasteiger partial charge on any atom is 0.264 e. The fourth-order valence-corrected chi connectivity index (χ4v) is 13.4. The van der Waals surface area contributed by atoms with Crippen LogP contribution in [-0.2, 0) is 31.2 Å². The molecule has 1 atom stereocenters. The van der Waals surface area contributed by atoms with Crippen LogP contribution < -0.4 is 14.7 Å². The van der Waals surface area contributed by atoms with Crippen molar-refractivity contribution in [2.24, 2.45) is 18.4 Å². The van der Waals surface area contributed by atoms with Gasteiger partial charge in [-0.05, 0) is 149 Å². The summed E-state index contributed by atoms with van der Waals surface area (Å²) in [6.07, 6.45) is 13.3. The number of nitriles is 1. The van der Waals surface area contributed by atoms with Crippen LogP contribution >= 0.6 is 11.6 Å². The number of rotatable bonds is 7. The van der Waals surface area contributed by atoms with Crippen LogP contribution in [0.25, 0.3) is 11.1 Å². The molecule has 5 aliphatic heterocycles. The molecule has 2 aromatic heterocycles. The van der Waals surface area contributed by atoms with Crippen molar-refractivity contribution in [1.29, 1.82) is 5.26 Å². The van der Waals surface area contributed by atoms with Gasteiger partial charge in [-0.1, -0.05) is 23.4 Å². The number of aryl methyl sites for hydroxylation is 2. The number of nitrogens with zero attached hydrogens (tertiary/aromatic N) is 10. The van der Waals surface area contributed by atoms with E-state index >= 15 is 0 Å². The minimum absolute atomic E-state index is 0.00458. The van der Waals surface area contributed by atoms with Crippen molar-refractivity contribution in [2.75, 3.05) is 60.5 Å². The maximum atomic E-state index is 14.8. The summed E-state index contributed by atoms with van der Waals surface area (Å²) in [7, 11) is 1.80. The lowest BCUT2D eigenvalue weighted by Gasteiger charge is -2.40. The summed E-state index contributed by atoms with van der Waals surface area (Å²) in [6.45, 7) is 10.9. The highest BCUT2D eigenvalue weighted by Crippen LogP contribution is 2.47. The van der Waals surface area contributed by atoms with Crippen LogP contribution in [0.3, 0.4) is 0 Å². The van der Waals surface area contributed by atoms with Crippen molar-refractivity contribution in [3.8, 4) is 29.0 Å². The average Bonchev–Trinajstić information content (AvgIpc) is 4.10. The van der Waals surface area contributed by atoms with E-state index in [4.69, 9.17) is 16.7 Å². The minimum Gasteiger partial charge on any atom is -0.371 e. The second-order valence-corrected chi connectivity index (χ2v) is 21.9. The van der Waals surface area contributed by atoms with Gasteiger partial charge in [-0.2, -0.15) is 15.5 Å². The van der Waals surface area contributed by atoms with Crippen LogP contribution in [0, 0.1) is 34.5 Å². The van der Waals surface area contributed by atoms with Gasteiger partial charge in [0.05, 0.1) is 29.4 Å². The topological polar surface area (TPSA) is 92.7 Å². The standard InChI is InChI=1S/C57H65ClF2N10O/c1-38-32-57(37-69(38)48-17-12-43(33-61)52(58)30-48)21-27-66(28-22-57)46-15-10-41(11-16-46)7-6-40-8-13-45(14-9-40)65-24-18-47(19-25-65)70-53-20-26-67(39(2)71)36-51(53)56(63-70)68-23-4-5-42-29-49(44-34-62-64(3)35-44)50(55(59)60)31-54(42)68/h10-12,15-17,29-31,34-35,38,40,45,47,55H,4-5,8-9,13-14,18-28,32,36-37H2,1-3H3/t38-,40?,45?/m0/s1. The summed E-state index contributed by atoms with van der Waals surface area (Å²) in [6, 6.07) is 21.8. The molecule has 7 heterocycles. The maximum absolute atomic E-state index is 14.8. The van der Waals surface area contributed by atoms with Gasteiger partial charge in [-0.3, -0.25) is 14.2 Å². The van der Waals surface area contributed by atoms with E-state index in [9.17, 15) is 18.8 Å². The highest BCUT2D eigenvalue weighted by molar-refractivity contribution is 6.32. The number of amides is 1. The minimum atomic E-state index is -2.64. The molecule has 14 heteroatoms. The highest BCUT2D eigenvalue weighted by atomic mass is 35.5. The molecule has 11 nitrogen and oxygen atoms in total. The number of likely N-dealkylation sites (tertiary alicyclic amines) is 1. The van der Waals surface area contributed by atoms with Crippen molar-refractivity contribution in [3.05, 3.63) is 106 Å². The summed E-state index contributed by atoms with van der Waals surface area (Å²) in [5.41, 5.74) is 9.61. The Balaban J connectivity index is 0.696. The Hall–Kier alpha value is -5.89. The lowest BCUT2D eigenvalue weighted by atomic mass is 9.76. The fraction of sp³-hybridized carbons (Fsp3) is 0.509. The van der Waals surface area contributed by atoms with Gasteiger partial charge >= 0.3 is 0 Å². The molecular formula is C57H65ClF2N10O. The van der Waals surface area contributed by atoms with Crippen LogP contribution in [0.5, 0.6) is 0 Å². The van der Waals surface area contributed by atoms with Gasteiger partial charge in [-0.25, -0.2) is 8.78 Å². The van der Waals surface area contributed by atoms with E-state index in [1.165, 1.54) is 17.8 Å². The molecule has 0 N–H and O–H groups in total. The second kappa shape index (κ2) is 19.6. The molecule has 370 valence electrons. The molecule has 71 heavy (non-hydrogen) atoms. The first-order chi connectivity index (χ1) is 34.4. The van der Waals surface area contributed by atoms with Crippen LogP contribution in [0.4, 0.5) is 31.7 Å². The number of fused-ring (bicyclic) bond motifs is 2. The van der Waals surface area contributed by atoms with Crippen LogP contribution in [-0.4, -0.2) is 93.2 Å². The van der Waals surface area contributed by atoms with Gasteiger partial charge in [-0.15, -0.1) is 0 Å². The van der Waals surface area contributed by atoms with E-state index in [-0.39, 0.29) is 17.5 Å². The molecule has 0 unspecified atom stereocenters. The Morgan fingerprint density at radius 3 is 2.35 bits per heavy atom. The van der Waals surface area contributed by atoms with Gasteiger partial charge in [0, 0.05) is 135 Å². The van der Waals surface area contributed by atoms with E-state index < -0.39 is 6.43 Å². The van der Waals surface area contributed by atoms with E-state index in [2.05, 4.69) is 78.5 Å². The average molecular weight is 980 g/mol.